The molecule has 40 heteroatoms. The van der Waals surface area contributed by atoms with E-state index in [2.05, 4.69) is 122 Å². The fourth-order valence-electron chi connectivity index (χ4n) is 7.17. The molecule has 0 aliphatic carbocycles. The van der Waals surface area contributed by atoms with Crippen LogP contribution in [0.25, 0.3) is 21.8 Å². The van der Waals surface area contributed by atoms with Gasteiger partial charge in [0.25, 0.3) is 11.1 Å². The number of aromatic amines is 2. The number of nitrogens with zero attached hydrogens (tertiary/aromatic N) is 11. The number of nitrogen functional groups attached to an aromatic ring is 2. The molecule has 0 spiro atoms. The highest BCUT2D eigenvalue weighted by molar-refractivity contribution is 9.11. The average molecular weight is 1690 g/mol. The molecule has 0 fully saturated rings. The number of hydrogen-bond donors (Lipinski definition) is 6. The lowest BCUT2D eigenvalue weighted by atomic mass is 10.1. The van der Waals surface area contributed by atoms with Crippen molar-refractivity contribution in [3.63, 3.8) is 0 Å². The average Bonchev–Trinajstić information content (AvgIpc) is 0.806. The first kappa shape index (κ1) is 84.0. The Hall–Kier alpha value is -9.18. The number of methoxy groups -OCH3 is 3. The van der Waals surface area contributed by atoms with Crippen LogP contribution in [-0.4, -0.2) is 121 Å². The van der Waals surface area contributed by atoms with Crippen LogP contribution in [-0.2, 0) is 14.2 Å². The van der Waals surface area contributed by atoms with E-state index in [1.807, 2.05) is 6.07 Å². The van der Waals surface area contributed by atoms with Crippen molar-refractivity contribution in [2.24, 2.45) is 0 Å². The molecule has 0 bridgehead atoms. The minimum atomic E-state index is -1.39. The fraction of sp³-hybridized carbons (Fsp3) is 0.153. The molecular weight excluding hydrogens is 1640 g/mol. The van der Waals surface area contributed by atoms with E-state index in [0.717, 1.165) is 11.8 Å². The summed E-state index contributed by atoms with van der Waals surface area (Å²) in [7, 11) is 3.66. The van der Waals surface area contributed by atoms with Gasteiger partial charge in [-0.3, -0.25) is 14.6 Å². The Balaban J connectivity index is 0.000000295. The number of hydrogen-bond acceptors (Lipinski definition) is 23. The largest absolute Gasteiger partial charge is 0.478 e. The number of nitriles is 1. The van der Waals surface area contributed by atoms with Crippen LogP contribution in [0.4, 0.5) is 28.9 Å². The molecule has 10 rings (SSSR count). The van der Waals surface area contributed by atoms with Crippen molar-refractivity contribution in [1.82, 2.24) is 59.8 Å². The number of pyridine rings is 8. The molecule has 0 saturated carbocycles. The fourth-order valence-corrected chi connectivity index (χ4v) is 9.22. The van der Waals surface area contributed by atoms with Crippen LogP contribution in [0.5, 0.6) is 0 Å². The minimum absolute atomic E-state index is 0.0177. The van der Waals surface area contributed by atoms with Crippen molar-refractivity contribution < 1.29 is 66.0 Å². The quantitative estimate of drug-likeness (QED) is 0.0403. The number of aryl methyl sites for hydroxylation is 6. The first-order valence-corrected chi connectivity index (χ1v) is 30.9. The molecule has 10 heterocycles. The number of rotatable bonds is 5. The summed E-state index contributed by atoms with van der Waals surface area (Å²) in [6.45, 7) is 9.91. The topological polar surface area (TPSA) is 424 Å². The number of halogens is 13. The van der Waals surface area contributed by atoms with Gasteiger partial charge >= 0.3 is 29.8 Å². The van der Waals surface area contributed by atoms with Gasteiger partial charge in [-0.05, 0) is 123 Å². The number of aromatic carboxylic acids is 2. The molecule has 0 aliphatic heterocycles. The summed E-state index contributed by atoms with van der Waals surface area (Å²) >= 11 is 41.8. The van der Waals surface area contributed by atoms with Gasteiger partial charge in [0.2, 0.25) is 0 Å². The highest BCUT2D eigenvalue weighted by Crippen LogP contribution is 2.27. The number of anilines is 2. The normalized spacial score (nSPS) is 9.95. The van der Waals surface area contributed by atoms with Gasteiger partial charge in [0.05, 0.1) is 81.9 Å². The van der Waals surface area contributed by atoms with Gasteiger partial charge in [-0.25, -0.2) is 86.4 Å². The third-order valence-electron chi connectivity index (χ3n) is 11.9. The summed E-state index contributed by atoms with van der Waals surface area (Å²) in [5.41, 5.74) is 14.4. The summed E-state index contributed by atoms with van der Waals surface area (Å²) in [6, 6.07) is 3.16. The van der Waals surface area contributed by atoms with Crippen LogP contribution in [0.3, 0.4) is 0 Å². The van der Waals surface area contributed by atoms with Crippen molar-refractivity contribution >= 4 is 180 Å². The predicted octanol–water partition coefficient (Wildman–Crippen LogP) is 13.5. The second-order valence-electron chi connectivity index (χ2n) is 18.5. The van der Waals surface area contributed by atoms with E-state index >= 15 is 0 Å². The molecule has 8 N–H and O–H groups in total. The number of ether oxygens (including phenoxy) is 3. The van der Waals surface area contributed by atoms with Crippen LogP contribution in [0.1, 0.15) is 91.0 Å². The zero-order valence-electron chi connectivity index (χ0n) is 51.8. The number of carbonyl (C=O) groups is 5. The van der Waals surface area contributed by atoms with E-state index in [0.29, 0.717) is 53.0 Å². The van der Waals surface area contributed by atoms with Gasteiger partial charge in [-0.2, -0.15) is 5.26 Å². The lowest BCUT2D eigenvalue weighted by Gasteiger charge is -2.07. The van der Waals surface area contributed by atoms with Gasteiger partial charge in [-0.15, -0.1) is 0 Å². The Morgan fingerprint density at radius 2 is 0.848 bits per heavy atom. The molecule has 10 aromatic rings. The summed E-state index contributed by atoms with van der Waals surface area (Å²) in [5.74, 6) is -7.47. The van der Waals surface area contributed by atoms with E-state index in [1.165, 1.54) is 84.2 Å². The van der Waals surface area contributed by atoms with Crippen LogP contribution in [0, 0.1) is 76.1 Å². The predicted molar refractivity (Wildman–Crippen MR) is 369 cm³/mol. The molecule has 0 atom stereocenters. The number of nitrogens with two attached hydrogens (primary N) is 2. The number of nitrogens with one attached hydrogen (secondary N) is 2. The molecule has 0 aliphatic rings. The van der Waals surface area contributed by atoms with Crippen LogP contribution in [0.2, 0.25) is 30.9 Å². The monoisotopic (exact) mass is 1680 g/mol. The summed E-state index contributed by atoms with van der Waals surface area (Å²) in [4.78, 5) is 120. The molecule has 0 radical (unpaired) electrons. The van der Waals surface area contributed by atoms with Gasteiger partial charge in [0.15, 0.2) is 59.9 Å². The lowest BCUT2D eigenvalue weighted by molar-refractivity contribution is 0.0585. The first-order chi connectivity index (χ1) is 46.4. The minimum Gasteiger partial charge on any atom is -0.478 e. The Kier molecular flexibility index (Phi) is 33.5. The maximum Gasteiger partial charge on any atom is 0.342 e. The summed E-state index contributed by atoms with van der Waals surface area (Å²) in [6.07, 6.45) is 13.7. The van der Waals surface area contributed by atoms with Crippen molar-refractivity contribution in [2.75, 3.05) is 32.8 Å². The van der Waals surface area contributed by atoms with Crippen LogP contribution >= 0.6 is 117 Å². The number of carboxylic acid groups (broad SMARTS) is 2. The standard InChI is InChI=1S/C9H6N4O.C8H7BrFNO2.C8H7ClFNO2.C8H6ClN3O.C8H9ClN2O2.C7H7ClN2O2.C6H2BrClFNO2.C5H2BrClFN/c1-5-3-11-6(2-10)8-7(5)9(14)13-4-12-8;1-4-7(10)6(8(12)13-2)5(9)3-11-4;1-4-3-11-7(9)6(10)5(4)8(12)13-2;1-4-2-10-7(9)6-5(4)8(13)12-3-11-6;1-4-3-11-7(9)6(10)5(4)8(12)13-2;1-3-2-10-6(8)5(9)4(3)7(11)12;7-2-1-10-5(8)4(9)3(2)6(11)12;6-3-1-4(8)5(7)9-2-3/h3-4H,1H3,(H,12,13,14);2*3H,1-2H3;2-3H,1H3,(H,11,12,13);3H,10H2,1-2H3;2H,9H2,1H3,(H,11,12);1H,(H,11,12);1-2H. The number of fused-ring (bicyclic) bond motifs is 2. The van der Waals surface area contributed by atoms with Crippen LogP contribution in [0.15, 0.2) is 91.3 Å². The molecule has 0 unspecified atom stereocenters. The molecule has 520 valence electrons. The number of carbonyl (C=O) groups excluding carboxylic acids is 3. The van der Waals surface area contributed by atoms with E-state index in [9.17, 15) is 51.1 Å². The Bertz CT molecular complexity index is 4650. The SMILES string of the molecule is COC(=O)c1c(Br)cnc(C)c1F.COC(=O)c1c(C)cnc(Cl)c1F.COC(=O)c1c(C)cnc(Cl)c1N.Cc1cnc(C#N)c2nc[nH]c(=O)c12.Cc1cnc(Cl)c(N)c1C(=O)O.Cc1cnc(Cl)c2nc[nH]c(=O)c12.Fc1cc(Br)cnc1Cl.O=C(O)c1c(Br)cnc(Cl)c1F. The summed E-state index contributed by atoms with van der Waals surface area (Å²) < 4.78 is 66.1. The van der Waals surface area contributed by atoms with Crippen molar-refractivity contribution in [3.8, 4) is 6.07 Å². The molecule has 0 aromatic carbocycles. The Morgan fingerprint density at radius 3 is 1.30 bits per heavy atom. The highest BCUT2D eigenvalue weighted by Gasteiger charge is 2.22. The molecule has 99 heavy (non-hydrogen) atoms. The molecule has 0 amide bonds. The molecule has 0 saturated heterocycles. The maximum atomic E-state index is 13.3. The van der Waals surface area contributed by atoms with Gasteiger partial charge < -0.3 is 45.9 Å². The molecular formula is C59H46Br3Cl6F4N15O12. The Labute approximate surface area is 611 Å². The highest BCUT2D eigenvalue weighted by atomic mass is 79.9. The second kappa shape index (κ2) is 39.4. The molecule has 10 aromatic heterocycles. The Morgan fingerprint density at radius 1 is 0.475 bits per heavy atom. The van der Waals surface area contributed by atoms with Gasteiger partial charge in [0.1, 0.15) is 33.8 Å². The van der Waals surface area contributed by atoms with E-state index in [-0.39, 0.29) is 86.4 Å². The zero-order chi connectivity index (χ0) is 75.0. The van der Waals surface area contributed by atoms with Crippen molar-refractivity contribution in [1.29, 1.82) is 5.26 Å². The van der Waals surface area contributed by atoms with Gasteiger partial charge in [0, 0.05) is 54.0 Å². The number of aromatic nitrogens is 12. The lowest BCUT2D eigenvalue weighted by Crippen LogP contribution is -2.09. The van der Waals surface area contributed by atoms with Crippen LogP contribution < -0.4 is 22.6 Å². The second-order valence-corrected chi connectivity index (χ2v) is 23.3. The number of esters is 3. The van der Waals surface area contributed by atoms with E-state index < -0.39 is 63.8 Å². The van der Waals surface area contributed by atoms with E-state index in [4.69, 9.17) is 96.5 Å². The zero-order valence-corrected chi connectivity index (χ0v) is 61.1. The van der Waals surface area contributed by atoms with E-state index in [1.54, 1.807) is 40.8 Å². The third kappa shape index (κ3) is 22.9. The van der Waals surface area contributed by atoms with Crippen molar-refractivity contribution in [2.45, 2.75) is 41.5 Å². The maximum absolute atomic E-state index is 13.3. The molecule has 27 nitrogen and oxygen atoms in total. The first-order valence-electron chi connectivity index (χ1n) is 26.3. The summed E-state index contributed by atoms with van der Waals surface area (Å²) in [5, 5.41) is 26.4. The number of H-pyrrole nitrogens is 2. The van der Waals surface area contributed by atoms with Gasteiger partial charge in [-0.1, -0.05) is 69.6 Å². The van der Waals surface area contributed by atoms with Crippen molar-refractivity contribution in [3.05, 3.63) is 224 Å². The smallest absolute Gasteiger partial charge is 0.342 e. The third-order valence-corrected chi connectivity index (χ3v) is 15.2. The number of carboxylic acids is 2.